The van der Waals surface area contributed by atoms with Gasteiger partial charge in [0.15, 0.2) is 0 Å². The monoisotopic (exact) mass is 339 g/mol. The summed E-state index contributed by atoms with van der Waals surface area (Å²) < 4.78 is 6.18. The molecule has 3 rings (SSSR count). The molecule has 0 bridgehead atoms. The summed E-state index contributed by atoms with van der Waals surface area (Å²) in [4.78, 5) is 15.0. The number of halogens is 1. The van der Waals surface area contributed by atoms with Crippen LogP contribution in [0.4, 0.5) is 4.79 Å². The SMILES string of the molecule is CC(C)(C)OC(=O)N1CCc2[nH]nc(-c3ccc(Cl)s3)c2C1. The standard InChI is InChI=1S/C15H18ClN3O2S/c1-15(2,3)21-14(20)19-7-6-10-9(8-19)13(18-17-10)11-4-5-12(16)22-11/h4-5H,6-8H2,1-3H3,(H,17,18). The molecule has 0 spiro atoms. The third-order valence-corrected chi connectivity index (χ3v) is 4.63. The lowest BCUT2D eigenvalue weighted by atomic mass is 10.1. The van der Waals surface area contributed by atoms with Gasteiger partial charge in [-0.3, -0.25) is 5.10 Å². The first kappa shape index (κ1) is 15.4. The fourth-order valence-electron chi connectivity index (χ4n) is 2.42. The van der Waals surface area contributed by atoms with E-state index >= 15 is 0 Å². The summed E-state index contributed by atoms with van der Waals surface area (Å²) in [7, 11) is 0. The van der Waals surface area contributed by atoms with E-state index in [4.69, 9.17) is 16.3 Å². The van der Waals surface area contributed by atoms with Crippen LogP contribution in [0.15, 0.2) is 12.1 Å². The number of thiophene rings is 1. The Morgan fingerprint density at radius 3 is 2.86 bits per heavy atom. The lowest BCUT2D eigenvalue weighted by molar-refractivity contribution is 0.0224. The van der Waals surface area contributed by atoms with E-state index in [0.717, 1.165) is 32.6 Å². The maximum Gasteiger partial charge on any atom is 0.410 e. The molecular weight excluding hydrogens is 322 g/mol. The first-order chi connectivity index (χ1) is 10.3. The van der Waals surface area contributed by atoms with Crippen LogP contribution < -0.4 is 0 Å². The highest BCUT2D eigenvalue weighted by Crippen LogP contribution is 2.35. The fourth-order valence-corrected chi connectivity index (χ4v) is 3.48. The van der Waals surface area contributed by atoms with Crippen LogP contribution in [-0.4, -0.2) is 33.3 Å². The summed E-state index contributed by atoms with van der Waals surface area (Å²) in [6, 6.07) is 3.81. The molecule has 0 atom stereocenters. The Morgan fingerprint density at radius 1 is 1.45 bits per heavy atom. The van der Waals surface area contributed by atoms with Crippen molar-refractivity contribution in [3.05, 3.63) is 27.7 Å². The highest BCUT2D eigenvalue weighted by molar-refractivity contribution is 7.19. The topological polar surface area (TPSA) is 58.2 Å². The zero-order chi connectivity index (χ0) is 15.9. The molecule has 0 fully saturated rings. The van der Waals surface area contributed by atoms with Crippen molar-refractivity contribution >= 4 is 29.0 Å². The Hall–Kier alpha value is -1.53. The highest BCUT2D eigenvalue weighted by atomic mass is 35.5. The van der Waals surface area contributed by atoms with Crippen LogP contribution in [0.5, 0.6) is 0 Å². The van der Waals surface area contributed by atoms with Gasteiger partial charge in [-0.25, -0.2) is 4.79 Å². The second-order valence-corrected chi connectivity index (χ2v) is 8.00. The Morgan fingerprint density at radius 2 is 2.23 bits per heavy atom. The van der Waals surface area contributed by atoms with Gasteiger partial charge in [0.2, 0.25) is 0 Å². The molecule has 7 heteroatoms. The van der Waals surface area contributed by atoms with Crippen molar-refractivity contribution in [1.29, 1.82) is 0 Å². The van der Waals surface area contributed by atoms with Gasteiger partial charge in [-0.2, -0.15) is 5.10 Å². The van der Waals surface area contributed by atoms with Crippen LogP contribution in [0.1, 0.15) is 32.0 Å². The molecule has 0 radical (unpaired) electrons. The van der Waals surface area contributed by atoms with Gasteiger partial charge < -0.3 is 9.64 Å². The average molecular weight is 340 g/mol. The van der Waals surface area contributed by atoms with Crippen molar-refractivity contribution in [3.63, 3.8) is 0 Å². The van der Waals surface area contributed by atoms with E-state index in [2.05, 4.69) is 10.2 Å². The Labute approximate surface area is 138 Å². The third kappa shape index (κ3) is 3.13. The Bertz CT molecular complexity index is 702. The molecule has 2 aromatic rings. The van der Waals surface area contributed by atoms with Crippen LogP contribution in [0, 0.1) is 0 Å². The third-order valence-electron chi connectivity index (χ3n) is 3.39. The summed E-state index contributed by atoms with van der Waals surface area (Å²) in [5.74, 6) is 0. The zero-order valence-electron chi connectivity index (χ0n) is 12.8. The number of nitrogens with one attached hydrogen (secondary N) is 1. The molecule has 118 valence electrons. The van der Waals surface area contributed by atoms with E-state index in [1.807, 2.05) is 32.9 Å². The molecule has 1 amide bonds. The quantitative estimate of drug-likeness (QED) is 0.851. The molecule has 5 nitrogen and oxygen atoms in total. The molecule has 22 heavy (non-hydrogen) atoms. The second-order valence-electron chi connectivity index (χ2n) is 6.28. The van der Waals surface area contributed by atoms with Gasteiger partial charge in [-0.15, -0.1) is 11.3 Å². The number of nitrogens with zero attached hydrogens (tertiary/aromatic N) is 2. The molecule has 3 heterocycles. The molecule has 0 aliphatic carbocycles. The van der Waals surface area contributed by atoms with Crippen molar-refractivity contribution in [2.75, 3.05) is 6.54 Å². The minimum absolute atomic E-state index is 0.283. The van der Waals surface area contributed by atoms with Crippen molar-refractivity contribution in [1.82, 2.24) is 15.1 Å². The van der Waals surface area contributed by atoms with E-state index in [1.165, 1.54) is 11.3 Å². The summed E-state index contributed by atoms with van der Waals surface area (Å²) >= 11 is 7.49. The van der Waals surface area contributed by atoms with Gasteiger partial charge in [0.1, 0.15) is 11.3 Å². The van der Waals surface area contributed by atoms with Gasteiger partial charge >= 0.3 is 6.09 Å². The van der Waals surface area contributed by atoms with Crippen LogP contribution in [0.2, 0.25) is 4.34 Å². The number of carbonyl (C=O) groups excluding carboxylic acids is 1. The van der Waals surface area contributed by atoms with Crippen LogP contribution >= 0.6 is 22.9 Å². The summed E-state index contributed by atoms with van der Waals surface area (Å²) in [6.45, 7) is 6.76. The molecule has 0 unspecified atom stereocenters. The zero-order valence-corrected chi connectivity index (χ0v) is 14.3. The number of hydrogen-bond acceptors (Lipinski definition) is 4. The normalized spacial score (nSPS) is 14.8. The molecule has 1 aliphatic heterocycles. The molecule has 2 aromatic heterocycles. The van der Waals surface area contributed by atoms with Crippen molar-refractivity contribution < 1.29 is 9.53 Å². The molecule has 0 saturated heterocycles. The van der Waals surface area contributed by atoms with E-state index in [9.17, 15) is 4.79 Å². The number of aromatic nitrogens is 2. The first-order valence-corrected chi connectivity index (χ1v) is 8.33. The van der Waals surface area contributed by atoms with Crippen LogP contribution in [0.25, 0.3) is 10.6 Å². The van der Waals surface area contributed by atoms with E-state index in [0.29, 0.717) is 13.1 Å². The number of H-pyrrole nitrogens is 1. The average Bonchev–Trinajstić information content (AvgIpc) is 3.01. The number of hydrogen-bond donors (Lipinski definition) is 1. The Kier molecular flexibility index (Phi) is 3.91. The number of aromatic amines is 1. The van der Waals surface area contributed by atoms with Crippen LogP contribution in [0.3, 0.4) is 0 Å². The second kappa shape index (κ2) is 5.59. The van der Waals surface area contributed by atoms with E-state index in [-0.39, 0.29) is 6.09 Å². The summed E-state index contributed by atoms with van der Waals surface area (Å²) in [6.07, 6.45) is 0.468. The number of fused-ring (bicyclic) bond motifs is 1. The summed E-state index contributed by atoms with van der Waals surface area (Å²) in [5, 5.41) is 7.47. The van der Waals surface area contributed by atoms with Crippen molar-refractivity contribution in [2.45, 2.75) is 39.3 Å². The number of carbonyl (C=O) groups is 1. The van der Waals surface area contributed by atoms with E-state index < -0.39 is 5.60 Å². The smallest absolute Gasteiger partial charge is 0.410 e. The molecule has 0 saturated carbocycles. The maximum absolute atomic E-state index is 12.3. The lowest BCUT2D eigenvalue weighted by Crippen LogP contribution is -2.39. The number of amides is 1. The summed E-state index contributed by atoms with van der Waals surface area (Å²) in [5.41, 5.74) is 2.52. The van der Waals surface area contributed by atoms with Gasteiger partial charge in [0.05, 0.1) is 15.8 Å². The van der Waals surface area contributed by atoms with Gasteiger partial charge in [-0.1, -0.05) is 11.6 Å². The van der Waals surface area contributed by atoms with Gasteiger partial charge in [0.25, 0.3) is 0 Å². The molecule has 0 aromatic carbocycles. The van der Waals surface area contributed by atoms with Crippen molar-refractivity contribution in [2.24, 2.45) is 0 Å². The minimum atomic E-state index is -0.488. The highest BCUT2D eigenvalue weighted by Gasteiger charge is 2.29. The largest absolute Gasteiger partial charge is 0.444 e. The molecule has 1 N–H and O–H groups in total. The minimum Gasteiger partial charge on any atom is -0.444 e. The lowest BCUT2D eigenvalue weighted by Gasteiger charge is -2.30. The van der Waals surface area contributed by atoms with Gasteiger partial charge in [0, 0.05) is 24.2 Å². The van der Waals surface area contributed by atoms with Crippen LogP contribution in [-0.2, 0) is 17.7 Å². The van der Waals surface area contributed by atoms with Crippen molar-refractivity contribution in [3.8, 4) is 10.6 Å². The van der Waals surface area contributed by atoms with Gasteiger partial charge in [-0.05, 0) is 32.9 Å². The first-order valence-electron chi connectivity index (χ1n) is 7.13. The van der Waals surface area contributed by atoms with E-state index in [1.54, 1.807) is 4.90 Å². The fraction of sp³-hybridized carbons (Fsp3) is 0.467. The predicted octanol–water partition coefficient (Wildman–Crippen LogP) is 4.08. The Balaban J connectivity index is 1.83. The maximum atomic E-state index is 12.3. The predicted molar refractivity (Wildman–Crippen MR) is 87.3 cm³/mol. The number of ether oxygens (including phenoxy) is 1. The number of rotatable bonds is 1. The molecular formula is C15H18ClN3O2S. The molecule has 1 aliphatic rings.